The Balaban J connectivity index is 1.48. The number of hydrogen-bond donors (Lipinski definition) is 2. The van der Waals surface area contributed by atoms with Crippen molar-refractivity contribution in [2.45, 2.75) is 56.9 Å². The highest BCUT2D eigenvalue weighted by Gasteiger charge is 2.33. The second-order valence-electron chi connectivity index (χ2n) is 7.53. The predicted molar refractivity (Wildman–Crippen MR) is 112 cm³/mol. The monoisotopic (exact) mass is 446 g/mol. The van der Waals surface area contributed by atoms with Crippen LogP contribution in [0.2, 0.25) is 0 Å². The summed E-state index contributed by atoms with van der Waals surface area (Å²) in [7, 11) is 0. The van der Waals surface area contributed by atoms with E-state index in [-0.39, 0.29) is 17.4 Å². The van der Waals surface area contributed by atoms with Gasteiger partial charge in [0.1, 0.15) is 0 Å². The third-order valence-electron chi connectivity index (χ3n) is 5.28. The highest BCUT2D eigenvalue weighted by molar-refractivity contribution is 9.10. The van der Waals surface area contributed by atoms with Gasteiger partial charge in [-0.2, -0.15) is 0 Å². The zero-order chi connectivity index (χ0) is 19.8. The van der Waals surface area contributed by atoms with E-state index in [0.717, 1.165) is 36.6 Å². The molecule has 1 saturated carbocycles. The van der Waals surface area contributed by atoms with E-state index >= 15 is 0 Å². The van der Waals surface area contributed by atoms with Crippen LogP contribution in [0.3, 0.4) is 0 Å². The topological polar surface area (TPSA) is 71.3 Å². The van der Waals surface area contributed by atoms with Gasteiger partial charge in [0.25, 0.3) is 5.91 Å². The Kier molecular flexibility index (Phi) is 7.31. The van der Waals surface area contributed by atoms with Crippen molar-refractivity contribution in [2.75, 3.05) is 6.54 Å². The fourth-order valence-corrected chi connectivity index (χ4v) is 4.14. The zero-order valence-electron chi connectivity index (χ0n) is 16.0. The van der Waals surface area contributed by atoms with Gasteiger partial charge >= 0.3 is 0 Å². The fourth-order valence-electron chi connectivity index (χ4n) is 3.87. The fraction of sp³-hybridized carbons (Fsp3) is 0.455. The molecule has 0 unspecified atom stereocenters. The molecular weight excluding hydrogens is 420 g/mol. The van der Waals surface area contributed by atoms with Gasteiger partial charge in [-0.25, -0.2) is 0 Å². The Hall–Kier alpha value is -2.08. The SMILES string of the molecule is O=C(CCCNC(=O)c1ccco1)NC1(Cc2ccc(Br)cc2)CCCCC1. The summed E-state index contributed by atoms with van der Waals surface area (Å²) in [4.78, 5) is 24.4. The number of amides is 2. The average Bonchev–Trinajstić information content (AvgIpc) is 3.22. The lowest BCUT2D eigenvalue weighted by atomic mass is 9.77. The molecule has 2 N–H and O–H groups in total. The molecule has 6 heteroatoms. The van der Waals surface area contributed by atoms with Crippen LogP contribution in [0.15, 0.2) is 51.6 Å². The Labute approximate surface area is 174 Å². The van der Waals surface area contributed by atoms with E-state index in [9.17, 15) is 9.59 Å². The molecule has 1 fully saturated rings. The first-order valence-electron chi connectivity index (χ1n) is 9.94. The summed E-state index contributed by atoms with van der Waals surface area (Å²) in [6, 6.07) is 11.6. The van der Waals surface area contributed by atoms with Crippen molar-refractivity contribution in [3.8, 4) is 0 Å². The number of furan rings is 1. The number of carbonyl (C=O) groups is 2. The predicted octanol–water partition coefficient (Wildman–Crippen LogP) is 4.61. The second kappa shape index (κ2) is 9.92. The van der Waals surface area contributed by atoms with E-state index in [1.807, 2.05) is 0 Å². The molecule has 1 aromatic carbocycles. The lowest BCUT2D eigenvalue weighted by Gasteiger charge is -2.38. The van der Waals surface area contributed by atoms with Crippen molar-refractivity contribution in [1.82, 2.24) is 10.6 Å². The quantitative estimate of drug-likeness (QED) is 0.581. The van der Waals surface area contributed by atoms with Crippen LogP contribution in [0.4, 0.5) is 0 Å². The summed E-state index contributed by atoms with van der Waals surface area (Å²) in [6.45, 7) is 0.451. The molecule has 150 valence electrons. The van der Waals surface area contributed by atoms with Crippen molar-refractivity contribution in [2.24, 2.45) is 0 Å². The molecule has 5 nitrogen and oxygen atoms in total. The van der Waals surface area contributed by atoms with E-state index in [0.29, 0.717) is 25.1 Å². The maximum absolute atomic E-state index is 12.6. The van der Waals surface area contributed by atoms with E-state index in [4.69, 9.17) is 4.42 Å². The molecule has 0 bridgehead atoms. The van der Waals surface area contributed by atoms with Crippen LogP contribution in [0.1, 0.15) is 61.1 Å². The minimum Gasteiger partial charge on any atom is -0.459 e. The molecular formula is C22H27BrN2O3. The number of halogens is 1. The number of nitrogens with one attached hydrogen (secondary N) is 2. The average molecular weight is 447 g/mol. The van der Waals surface area contributed by atoms with Gasteiger partial charge in [0.2, 0.25) is 5.91 Å². The largest absolute Gasteiger partial charge is 0.459 e. The van der Waals surface area contributed by atoms with E-state index in [1.54, 1.807) is 12.1 Å². The molecule has 0 radical (unpaired) electrons. The maximum Gasteiger partial charge on any atom is 0.286 e. The van der Waals surface area contributed by atoms with Crippen molar-refractivity contribution in [3.05, 3.63) is 58.5 Å². The van der Waals surface area contributed by atoms with Crippen LogP contribution in [0.5, 0.6) is 0 Å². The van der Waals surface area contributed by atoms with Gasteiger partial charge in [-0.3, -0.25) is 9.59 Å². The van der Waals surface area contributed by atoms with E-state index in [1.165, 1.54) is 18.2 Å². The molecule has 0 atom stereocenters. The molecule has 1 heterocycles. The van der Waals surface area contributed by atoms with E-state index in [2.05, 4.69) is 50.8 Å². The van der Waals surface area contributed by atoms with Gasteiger partial charge in [-0.15, -0.1) is 0 Å². The molecule has 0 spiro atoms. The molecule has 28 heavy (non-hydrogen) atoms. The molecule has 0 saturated heterocycles. The van der Waals surface area contributed by atoms with Gasteiger partial charge < -0.3 is 15.1 Å². The molecule has 2 amide bonds. The summed E-state index contributed by atoms with van der Waals surface area (Å²) in [5.74, 6) is 0.107. The summed E-state index contributed by atoms with van der Waals surface area (Å²) in [6.07, 6.45) is 8.91. The van der Waals surface area contributed by atoms with Crippen molar-refractivity contribution in [1.29, 1.82) is 0 Å². The van der Waals surface area contributed by atoms with Crippen LogP contribution >= 0.6 is 15.9 Å². The molecule has 1 aliphatic rings. The van der Waals surface area contributed by atoms with Gasteiger partial charge in [0.15, 0.2) is 5.76 Å². The number of carbonyl (C=O) groups excluding carboxylic acids is 2. The Morgan fingerprint density at radius 1 is 1.07 bits per heavy atom. The smallest absolute Gasteiger partial charge is 0.286 e. The molecule has 2 aromatic rings. The van der Waals surface area contributed by atoms with Crippen LogP contribution < -0.4 is 10.6 Å². The van der Waals surface area contributed by atoms with Crippen LogP contribution in [0, 0.1) is 0 Å². The van der Waals surface area contributed by atoms with Gasteiger partial charge in [0, 0.05) is 23.0 Å². The van der Waals surface area contributed by atoms with Crippen molar-refractivity contribution in [3.63, 3.8) is 0 Å². The molecule has 1 aliphatic carbocycles. The number of benzene rings is 1. The first-order chi connectivity index (χ1) is 13.6. The van der Waals surface area contributed by atoms with Crippen molar-refractivity contribution >= 4 is 27.7 Å². The van der Waals surface area contributed by atoms with Gasteiger partial charge in [-0.05, 0) is 55.5 Å². The molecule has 3 rings (SSSR count). The first-order valence-corrected chi connectivity index (χ1v) is 10.7. The lowest BCUT2D eigenvalue weighted by molar-refractivity contribution is -0.123. The normalized spacial score (nSPS) is 15.8. The third-order valence-corrected chi connectivity index (χ3v) is 5.81. The van der Waals surface area contributed by atoms with E-state index < -0.39 is 0 Å². The molecule has 1 aromatic heterocycles. The first kappa shape index (κ1) is 20.6. The van der Waals surface area contributed by atoms with Gasteiger partial charge in [0.05, 0.1) is 6.26 Å². The summed E-state index contributed by atoms with van der Waals surface area (Å²) >= 11 is 3.48. The Morgan fingerprint density at radius 3 is 2.50 bits per heavy atom. The molecule has 0 aliphatic heterocycles. The maximum atomic E-state index is 12.6. The second-order valence-corrected chi connectivity index (χ2v) is 8.44. The highest BCUT2D eigenvalue weighted by atomic mass is 79.9. The third kappa shape index (κ3) is 5.96. The summed E-state index contributed by atoms with van der Waals surface area (Å²) < 4.78 is 6.12. The number of rotatable bonds is 8. The van der Waals surface area contributed by atoms with Crippen LogP contribution in [-0.2, 0) is 11.2 Å². The van der Waals surface area contributed by atoms with Crippen LogP contribution in [0.25, 0.3) is 0 Å². The number of hydrogen-bond acceptors (Lipinski definition) is 3. The minimum absolute atomic E-state index is 0.0614. The van der Waals surface area contributed by atoms with Crippen LogP contribution in [-0.4, -0.2) is 23.9 Å². The Bertz CT molecular complexity index is 766. The summed E-state index contributed by atoms with van der Waals surface area (Å²) in [5, 5.41) is 6.11. The minimum atomic E-state index is -0.246. The van der Waals surface area contributed by atoms with Crippen molar-refractivity contribution < 1.29 is 14.0 Å². The lowest BCUT2D eigenvalue weighted by Crippen LogP contribution is -2.51. The zero-order valence-corrected chi connectivity index (χ0v) is 17.6. The van der Waals surface area contributed by atoms with Gasteiger partial charge in [-0.1, -0.05) is 47.3 Å². The highest BCUT2D eigenvalue weighted by Crippen LogP contribution is 2.32. The Morgan fingerprint density at radius 2 is 1.82 bits per heavy atom. The standard InChI is InChI=1S/C22H27BrN2O3/c23-18-10-8-17(9-11-18)16-22(12-2-1-3-13-22)25-20(26)7-4-14-24-21(27)19-6-5-15-28-19/h5-6,8-11,15H,1-4,7,12-14,16H2,(H,24,27)(H,25,26). The summed E-state index contributed by atoms with van der Waals surface area (Å²) in [5.41, 5.74) is 1.09.